The first kappa shape index (κ1) is 16.5. The van der Waals surface area contributed by atoms with E-state index in [1.54, 1.807) is 0 Å². The molecular weight excluding hydrogens is 330 g/mol. The van der Waals surface area contributed by atoms with Gasteiger partial charge < -0.3 is 5.32 Å². The summed E-state index contributed by atoms with van der Waals surface area (Å²) in [5.41, 5.74) is 0. The second kappa shape index (κ2) is 7.95. The maximum Gasteiger partial charge on any atom is 0.0314 e. The highest BCUT2D eigenvalue weighted by Crippen LogP contribution is 2.37. The third-order valence-electron chi connectivity index (χ3n) is 4.76. The molecule has 1 heterocycles. The molecule has 0 aromatic carbocycles. The van der Waals surface area contributed by atoms with E-state index in [0.29, 0.717) is 0 Å². The molecule has 114 valence electrons. The molecule has 3 heteroatoms. The monoisotopic (exact) mass is 357 g/mol. The molecule has 0 amide bonds. The van der Waals surface area contributed by atoms with Crippen molar-refractivity contribution in [3.8, 4) is 0 Å². The van der Waals surface area contributed by atoms with Gasteiger partial charge in [0.2, 0.25) is 0 Å². The molecule has 1 N–H and O–H groups in total. The van der Waals surface area contributed by atoms with E-state index >= 15 is 0 Å². The molecule has 1 saturated carbocycles. The van der Waals surface area contributed by atoms with Gasteiger partial charge in [0.05, 0.1) is 0 Å². The second-order valence-corrected chi connectivity index (χ2v) is 8.39. The summed E-state index contributed by atoms with van der Waals surface area (Å²) in [6.45, 7) is 8.21. The third kappa shape index (κ3) is 4.32. The molecule has 1 aliphatic rings. The van der Waals surface area contributed by atoms with Crippen molar-refractivity contribution in [1.82, 2.24) is 5.32 Å². The minimum Gasteiger partial charge on any atom is -0.314 e. The summed E-state index contributed by atoms with van der Waals surface area (Å²) in [5, 5.41) is 6.01. The average Bonchev–Trinajstić information content (AvgIpc) is 2.82. The quantitative estimate of drug-likeness (QED) is 0.709. The lowest BCUT2D eigenvalue weighted by atomic mass is 9.72. The number of hydrogen-bond acceptors (Lipinski definition) is 2. The normalized spacial score (nSPS) is 27.1. The molecule has 1 aromatic rings. The maximum absolute atomic E-state index is 3.80. The summed E-state index contributed by atoms with van der Waals surface area (Å²) in [6, 6.07) is 2.91. The van der Waals surface area contributed by atoms with Gasteiger partial charge in [0, 0.05) is 15.4 Å². The third-order valence-corrected chi connectivity index (χ3v) is 6.71. The van der Waals surface area contributed by atoms with Crippen LogP contribution in [0.3, 0.4) is 0 Å². The van der Waals surface area contributed by atoms with E-state index < -0.39 is 0 Å². The van der Waals surface area contributed by atoms with E-state index in [2.05, 4.69) is 53.5 Å². The molecule has 20 heavy (non-hydrogen) atoms. The van der Waals surface area contributed by atoms with Crippen molar-refractivity contribution >= 4 is 27.3 Å². The zero-order chi connectivity index (χ0) is 14.5. The fourth-order valence-electron chi connectivity index (χ4n) is 3.44. The first-order valence-electron chi connectivity index (χ1n) is 8.07. The molecule has 2 rings (SSSR count). The standard InChI is InChI=1S/C17H28BrNS/c1-4-8-19-16-6-5-13(12(2)3)10-14(16)11-17-15(18)7-9-20-17/h7,9,12-14,16,19H,4-6,8,10-11H2,1-3H3. The average molecular weight is 358 g/mol. The zero-order valence-electron chi connectivity index (χ0n) is 13.0. The lowest BCUT2D eigenvalue weighted by molar-refractivity contribution is 0.168. The minimum atomic E-state index is 0.721. The van der Waals surface area contributed by atoms with Crippen LogP contribution in [0.25, 0.3) is 0 Å². The number of rotatable bonds is 6. The molecule has 0 aliphatic heterocycles. The smallest absolute Gasteiger partial charge is 0.0314 e. The van der Waals surface area contributed by atoms with Gasteiger partial charge in [0.15, 0.2) is 0 Å². The summed E-state index contributed by atoms with van der Waals surface area (Å²) in [4.78, 5) is 1.53. The Balaban J connectivity index is 2.03. The van der Waals surface area contributed by atoms with Crippen LogP contribution in [0.15, 0.2) is 15.9 Å². The Morgan fingerprint density at radius 2 is 2.20 bits per heavy atom. The summed E-state index contributed by atoms with van der Waals surface area (Å²) in [5.74, 6) is 2.55. The van der Waals surface area contributed by atoms with Crippen LogP contribution < -0.4 is 5.32 Å². The Hall–Kier alpha value is 0.140. The molecule has 1 fully saturated rings. The molecule has 3 unspecified atom stereocenters. The fraction of sp³-hybridized carbons (Fsp3) is 0.765. The van der Waals surface area contributed by atoms with Gasteiger partial charge in [-0.3, -0.25) is 0 Å². The van der Waals surface area contributed by atoms with Gasteiger partial charge in [-0.15, -0.1) is 11.3 Å². The maximum atomic E-state index is 3.80. The van der Waals surface area contributed by atoms with Crippen LogP contribution in [-0.4, -0.2) is 12.6 Å². The highest BCUT2D eigenvalue weighted by atomic mass is 79.9. The number of thiophene rings is 1. The second-order valence-electron chi connectivity index (χ2n) is 6.53. The van der Waals surface area contributed by atoms with Crippen molar-refractivity contribution in [2.75, 3.05) is 6.54 Å². The minimum absolute atomic E-state index is 0.721. The molecule has 0 spiro atoms. The SMILES string of the molecule is CCCNC1CCC(C(C)C)CC1Cc1sccc1Br. The van der Waals surface area contributed by atoms with Gasteiger partial charge in [-0.2, -0.15) is 0 Å². The van der Waals surface area contributed by atoms with Gasteiger partial charge in [-0.25, -0.2) is 0 Å². The lowest BCUT2D eigenvalue weighted by Crippen LogP contribution is -2.42. The molecule has 1 aliphatic carbocycles. The van der Waals surface area contributed by atoms with Gasteiger partial charge in [0.25, 0.3) is 0 Å². The first-order chi connectivity index (χ1) is 9.61. The number of hydrogen-bond donors (Lipinski definition) is 1. The van der Waals surface area contributed by atoms with E-state index in [4.69, 9.17) is 0 Å². The Bertz CT molecular complexity index is 401. The van der Waals surface area contributed by atoms with Gasteiger partial charge in [-0.1, -0.05) is 20.8 Å². The largest absolute Gasteiger partial charge is 0.314 e. The Labute approximate surface area is 136 Å². The number of halogens is 1. The van der Waals surface area contributed by atoms with Crippen LogP contribution in [0, 0.1) is 17.8 Å². The van der Waals surface area contributed by atoms with Crippen molar-refractivity contribution in [1.29, 1.82) is 0 Å². The van der Waals surface area contributed by atoms with E-state index in [9.17, 15) is 0 Å². The topological polar surface area (TPSA) is 12.0 Å². The Morgan fingerprint density at radius 1 is 1.40 bits per heavy atom. The molecule has 0 radical (unpaired) electrons. The first-order valence-corrected chi connectivity index (χ1v) is 9.74. The van der Waals surface area contributed by atoms with Crippen molar-refractivity contribution in [3.63, 3.8) is 0 Å². The molecule has 3 atom stereocenters. The molecule has 0 saturated heterocycles. The van der Waals surface area contributed by atoms with Crippen LogP contribution in [0.2, 0.25) is 0 Å². The van der Waals surface area contributed by atoms with Crippen LogP contribution in [0.4, 0.5) is 0 Å². The van der Waals surface area contributed by atoms with Gasteiger partial charge >= 0.3 is 0 Å². The van der Waals surface area contributed by atoms with Crippen molar-refractivity contribution < 1.29 is 0 Å². The number of nitrogens with one attached hydrogen (secondary N) is 1. The molecule has 1 nitrogen and oxygen atoms in total. The summed E-state index contributed by atoms with van der Waals surface area (Å²) in [6.07, 6.45) is 6.63. The predicted molar refractivity (Wildman–Crippen MR) is 93.5 cm³/mol. The lowest BCUT2D eigenvalue weighted by Gasteiger charge is -2.38. The van der Waals surface area contributed by atoms with E-state index in [1.807, 2.05) is 11.3 Å². The fourth-order valence-corrected chi connectivity index (χ4v) is 5.05. The van der Waals surface area contributed by atoms with Crippen molar-refractivity contribution in [3.05, 3.63) is 20.8 Å². The summed E-state index contributed by atoms with van der Waals surface area (Å²) >= 11 is 5.60. The molecule has 0 bridgehead atoms. The summed E-state index contributed by atoms with van der Waals surface area (Å²) in [7, 11) is 0. The highest BCUT2D eigenvalue weighted by Gasteiger charge is 2.31. The predicted octanol–water partition coefficient (Wildman–Crippen LogP) is 5.49. The van der Waals surface area contributed by atoms with Gasteiger partial charge in [0.1, 0.15) is 0 Å². The van der Waals surface area contributed by atoms with Crippen LogP contribution in [0.5, 0.6) is 0 Å². The summed E-state index contributed by atoms with van der Waals surface area (Å²) < 4.78 is 1.31. The highest BCUT2D eigenvalue weighted by molar-refractivity contribution is 9.10. The molecular formula is C17H28BrNS. The van der Waals surface area contributed by atoms with E-state index in [0.717, 1.165) is 23.8 Å². The molecule has 1 aromatic heterocycles. The Kier molecular flexibility index (Phi) is 6.57. The van der Waals surface area contributed by atoms with Crippen molar-refractivity contribution in [2.24, 2.45) is 17.8 Å². The van der Waals surface area contributed by atoms with E-state index in [-0.39, 0.29) is 0 Å². The van der Waals surface area contributed by atoms with Crippen molar-refractivity contribution in [2.45, 2.75) is 58.9 Å². The van der Waals surface area contributed by atoms with Gasteiger partial charge in [-0.05, 0) is 83.8 Å². The van der Waals surface area contributed by atoms with Crippen LogP contribution >= 0.6 is 27.3 Å². The zero-order valence-corrected chi connectivity index (χ0v) is 15.4. The van der Waals surface area contributed by atoms with Crippen LogP contribution in [0.1, 0.15) is 51.3 Å². The van der Waals surface area contributed by atoms with E-state index in [1.165, 1.54) is 48.0 Å². The Morgan fingerprint density at radius 3 is 2.80 bits per heavy atom. The van der Waals surface area contributed by atoms with Crippen LogP contribution in [-0.2, 0) is 6.42 Å².